The maximum Gasteiger partial charge on any atom is 0.238 e. The van der Waals surface area contributed by atoms with Gasteiger partial charge in [0.25, 0.3) is 0 Å². The van der Waals surface area contributed by atoms with Crippen molar-refractivity contribution in [3.8, 4) is 0 Å². The number of nitrogen functional groups attached to an aromatic ring is 1. The van der Waals surface area contributed by atoms with E-state index in [0.717, 1.165) is 0 Å². The van der Waals surface area contributed by atoms with E-state index >= 15 is 0 Å². The molecule has 1 aromatic rings. The summed E-state index contributed by atoms with van der Waals surface area (Å²) in [7, 11) is 1.74. The van der Waals surface area contributed by atoms with Crippen LogP contribution < -0.4 is 11.1 Å². The summed E-state index contributed by atoms with van der Waals surface area (Å²) in [5.74, 6) is -0.265. The van der Waals surface area contributed by atoms with Gasteiger partial charge in [0, 0.05) is 11.1 Å². The molecule has 0 bridgehead atoms. The van der Waals surface area contributed by atoms with E-state index in [1.165, 1.54) is 12.1 Å². The van der Waals surface area contributed by atoms with Gasteiger partial charge < -0.3 is 16.2 Å². The Morgan fingerprint density at radius 1 is 1.53 bits per heavy atom. The molecular formula is C12H17Cl2N3O2. The van der Waals surface area contributed by atoms with Gasteiger partial charge in [-0.25, -0.2) is 0 Å². The summed E-state index contributed by atoms with van der Waals surface area (Å²) < 4.78 is 0. The molecule has 0 saturated heterocycles. The average molecular weight is 306 g/mol. The lowest BCUT2D eigenvalue weighted by Crippen LogP contribution is -2.38. The number of benzene rings is 1. The van der Waals surface area contributed by atoms with E-state index in [1.807, 2.05) is 6.92 Å². The first-order valence-corrected chi connectivity index (χ1v) is 6.46. The Labute approximate surface area is 122 Å². The Balaban J connectivity index is 2.73. The standard InChI is InChI=1S/C12H17Cl2N3O2/c1-7(6-18)17(2)5-11(19)16-12-9(14)3-8(13)4-10(12)15/h3-4,7,18H,5-6,15H2,1-2H3,(H,16,19). The summed E-state index contributed by atoms with van der Waals surface area (Å²) in [5, 5.41) is 12.3. The van der Waals surface area contributed by atoms with E-state index in [1.54, 1.807) is 11.9 Å². The van der Waals surface area contributed by atoms with Crippen molar-refractivity contribution in [2.24, 2.45) is 0 Å². The summed E-state index contributed by atoms with van der Waals surface area (Å²) in [6, 6.07) is 2.92. The summed E-state index contributed by atoms with van der Waals surface area (Å²) in [5.41, 5.74) is 6.41. The number of hydrogen-bond acceptors (Lipinski definition) is 4. The Morgan fingerprint density at radius 3 is 2.68 bits per heavy atom. The molecule has 1 rings (SSSR count). The Morgan fingerprint density at radius 2 is 2.16 bits per heavy atom. The van der Waals surface area contributed by atoms with Crippen LogP contribution in [-0.4, -0.2) is 42.2 Å². The molecule has 1 aromatic carbocycles. The van der Waals surface area contributed by atoms with Gasteiger partial charge in [0.1, 0.15) is 0 Å². The maximum absolute atomic E-state index is 11.9. The van der Waals surface area contributed by atoms with E-state index in [9.17, 15) is 4.79 Å². The number of nitrogens with zero attached hydrogens (tertiary/aromatic N) is 1. The predicted octanol–water partition coefficient (Wildman–Crippen LogP) is 1.83. The molecule has 0 aliphatic rings. The van der Waals surface area contributed by atoms with Crippen LogP contribution in [0.4, 0.5) is 11.4 Å². The first kappa shape index (κ1) is 16.0. The number of likely N-dealkylation sites (N-methyl/N-ethyl adjacent to an activating group) is 1. The number of rotatable bonds is 5. The van der Waals surface area contributed by atoms with Crippen molar-refractivity contribution in [3.63, 3.8) is 0 Å². The summed E-state index contributed by atoms with van der Waals surface area (Å²) in [4.78, 5) is 13.6. The van der Waals surface area contributed by atoms with Crippen LogP contribution in [0.2, 0.25) is 10.0 Å². The van der Waals surface area contributed by atoms with Crippen molar-refractivity contribution in [2.45, 2.75) is 13.0 Å². The monoisotopic (exact) mass is 305 g/mol. The Hall–Kier alpha value is -1.01. The molecule has 4 N–H and O–H groups in total. The van der Waals surface area contributed by atoms with Crippen LogP contribution in [0.1, 0.15) is 6.92 Å². The van der Waals surface area contributed by atoms with Gasteiger partial charge in [0.05, 0.1) is 29.5 Å². The molecule has 0 heterocycles. The number of carbonyl (C=O) groups is 1. The first-order valence-electron chi connectivity index (χ1n) is 5.70. The number of aliphatic hydroxyl groups is 1. The molecule has 1 unspecified atom stereocenters. The highest BCUT2D eigenvalue weighted by atomic mass is 35.5. The average Bonchev–Trinajstić information content (AvgIpc) is 2.32. The van der Waals surface area contributed by atoms with Gasteiger partial charge in [0.15, 0.2) is 0 Å². The van der Waals surface area contributed by atoms with Crippen LogP contribution >= 0.6 is 23.2 Å². The molecule has 0 aromatic heterocycles. The summed E-state index contributed by atoms with van der Waals surface area (Å²) >= 11 is 11.8. The van der Waals surface area contributed by atoms with Gasteiger partial charge >= 0.3 is 0 Å². The Bertz CT molecular complexity index is 445. The second-order valence-electron chi connectivity index (χ2n) is 4.35. The third kappa shape index (κ3) is 4.54. The van der Waals surface area contributed by atoms with E-state index in [4.69, 9.17) is 34.0 Å². The van der Waals surface area contributed by atoms with Gasteiger partial charge in [-0.15, -0.1) is 0 Å². The van der Waals surface area contributed by atoms with Crippen LogP contribution in [0.5, 0.6) is 0 Å². The van der Waals surface area contributed by atoms with E-state index in [2.05, 4.69) is 5.32 Å². The van der Waals surface area contributed by atoms with Crippen LogP contribution in [0, 0.1) is 0 Å². The number of halogens is 2. The topological polar surface area (TPSA) is 78.6 Å². The quantitative estimate of drug-likeness (QED) is 0.725. The van der Waals surface area contributed by atoms with E-state index < -0.39 is 0 Å². The number of nitrogens with one attached hydrogen (secondary N) is 1. The van der Waals surface area contributed by atoms with Gasteiger partial charge in [-0.05, 0) is 26.1 Å². The zero-order valence-corrected chi connectivity index (χ0v) is 12.3. The summed E-state index contributed by atoms with van der Waals surface area (Å²) in [6.45, 7) is 1.92. The number of nitrogens with two attached hydrogens (primary N) is 1. The minimum atomic E-state index is -0.265. The second kappa shape index (κ2) is 6.96. The second-order valence-corrected chi connectivity index (χ2v) is 5.19. The van der Waals surface area contributed by atoms with Crippen LogP contribution in [0.25, 0.3) is 0 Å². The normalized spacial score (nSPS) is 12.5. The van der Waals surface area contributed by atoms with Gasteiger partial charge in [-0.2, -0.15) is 0 Å². The lowest BCUT2D eigenvalue weighted by atomic mass is 10.2. The molecule has 1 amide bonds. The molecule has 1 atom stereocenters. The number of amides is 1. The highest BCUT2D eigenvalue weighted by molar-refractivity contribution is 6.37. The van der Waals surface area contributed by atoms with Crippen molar-refractivity contribution < 1.29 is 9.90 Å². The molecule has 0 spiro atoms. The fraction of sp³-hybridized carbons (Fsp3) is 0.417. The number of carbonyl (C=O) groups excluding carboxylic acids is 1. The zero-order valence-electron chi connectivity index (χ0n) is 10.8. The van der Waals surface area contributed by atoms with Crippen molar-refractivity contribution in [3.05, 3.63) is 22.2 Å². The van der Waals surface area contributed by atoms with Crippen molar-refractivity contribution in [2.75, 3.05) is 31.2 Å². The SMILES string of the molecule is CC(CO)N(C)CC(=O)Nc1c(N)cc(Cl)cc1Cl. The van der Waals surface area contributed by atoms with Gasteiger partial charge in [0.2, 0.25) is 5.91 Å². The van der Waals surface area contributed by atoms with Crippen molar-refractivity contribution in [1.82, 2.24) is 4.90 Å². The maximum atomic E-state index is 11.9. The molecule has 7 heteroatoms. The predicted molar refractivity (Wildman–Crippen MR) is 78.7 cm³/mol. The molecule has 0 fully saturated rings. The first-order chi connectivity index (χ1) is 8.85. The van der Waals surface area contributed by atoms with Crippen LogP contribution in [0.3, 0.4) is 0 Å². The van der Waals surface area contributed by atoms with Gasteiger partial charge in [-0.3, -0.25) is 9.69 Å². The largest absolute Gasteiger partial charge is 0.397 e. The minimum absolute atomic E-state index is 0.0202. The van der Waals surface area contributed by atoms with E-state index in [0.29, 0.717) is 16.4 Å². The third-order valence-corrected chi connectivity index (χ3v) is 3.28. The zero-order chi connectivity index (χ0) is 14.6. The Kier molecular flexibility index (Phi) is 5.87. The summed E-state index contributed by atoms with van der Waals surface area (Å²) in [6.07, 6.45) is 0. The van der Waals surface area contributed by atoms with Gasteiger partial charge in [-0.1, -0.05) is 23.2 Å². The number of hydrogen-bond donors (Lipinski definition) is 3. The minimum Gasteiger partial charge on any atom is -0.397 e. The highest BCUT2D eigenvalue weighted by Gasteiger charge is 2.15. The molecule has 106 valence electrons. The molecule has 0 aliphatic carbocycles. The lowest BCUT2D eigenvalue weighted by molar-refractivity contribution is -0.117. The lowest BCUT2D eigenvalue weighted by Gasteiger charge is -2.22. The molecule has 0 radical (unpaired) electrons. The smallest absolute Gasteiger partial charge is 0.238 e. The fourth-order valence-corrected chi connectivity index (χ4v) is 1.98. The van der Waals surface area contributed by atoms with Crippen LogP contribution in [-0.2, 0) is 4.79 Å². The molecule has 5 nitrogen and oxygen atoms in total. The molecule has 0 aliphatic heterocycles. The highest BCUT2D eigenvalue weighted by Crippen LogP contribution is 2.31. The molecular weight excluding hydrogens is 289 g/mol. The number of aliphatic hydroxyl groups excluding tert-OH is 1. The molecule has 0 saturated carbocycles. The number of anilines is 2. The third-order valence-electron chi connectivity index (χ3n) is 2.76. The van der Waals surface area contributed by atoms with Crippen molar-refractivity contribution in [1.29, 1.82) is 0 Å². The fourth-order valence-electron chi connectivity index (χ4n) is 1.43. The molecule has 19 heavy (non-hydrogen) atoms. The van der Waals surface area contributed by atoms with Crippen molar-refractivity contribution >= 4 is 40.5 Å². The van der Waals surface area contributed by atoms with Crippen LogP contribution in [0.15, 0.2) is 12.1 Å². The van der Waals surface area contributed by atoms with E-state index in [-0.39, 0.29) is 30.1 Å².